The van der Waals surface area contributed by atoms with Crippen molar-refractivity contribution in [3.05, 3.63) is 90.8 Å². The minimum atomic E-state index is -0.341. The highest BCUT2D eigenvalue weighted by Gasteiger charge is 2.24. The molecule has 0 bridgehead atoms. The lowest BCUT2D eigenvalue weighted by Gasteiger charge is -2.24. The van der Waals surface area contributed by atoms with Gasteiger partial charge in [0.1, 0.15) is 17.2 Å². The standard InChI is InChI=1S/C29H29FN2O2S/c1-4-5-6-10-17-32(35-3)25-19-26-24(18-23(25)20-11-8-7-9-12-20)27(29(33)31-2)28(34-26)21-13-15-22(30)16-14-21/h4,7-9,11-16,18-19H,1,5-6,10,17H2,2-3H3,(H,31,33). The van der Waals surface area contributed by atoms with E-state index in [1.807, 2.05) is 36.4 Å². The molecule has 6 heteroatoms. The minimum Gasteiger partial charge on any atom is -0.455 e. The maximum Gasteiger partial charge on any atom is 0.255 e. The summed E-state index contributed by atoms with van der Waals surface area (Å²) in [4.78, 5) is 13.0. The van der Waals surface area contributed by atoms with Gasteiger partial charge in [-0.3, -0.25) is 4.79 Å². The maximum absolute atomic E-state index is 13.6. The second-order valence-corrected chi connectivity index (χ2v) is 9.00. The lowest BCUT2D eigenvalue weighted by atomic mass is 9.98. The highest BCUT2D eigenvalue weighted by molar-refractivity contribution is 8.00. The molecule has 0 spiro atoms. The van der Waals surface area contributed by atoms with Crippen LogP contribution >= 0.6 is 11.9 Å². The first kappa shape index (κ1) is 24.6. The number of allylic oxidation sites excluding steroid dienone is 1. The number of carbonyl (C=O) groups excluding carboxylic acids is 1. The van der Waals surface area contributed by atoms with Crippen LogP contribution in [0, 0.1) is 5.82 Å². The summed E-state index contributed by atoms with van der Waals surface area (Å²) < 4.78 is 22.1. The van der Waals surface area contributed by atoms with Gasteiger partial charge in [-0.05, 0) is 55.2 Å². The van der Waals surface area contributed by atoms with E-state index in [0.717, 1.165) is 48.0 Å². The van der Waals surface area contributed by atoms with Gasteiger partial charge in [0.25, 0.3) is 5.91 Å². The predicted octanol–water partition coefficient (Wildman–Crippen LogP) is 7.71. The zero-order valence-corrected chi connectivity index (χ0v) is 20.8. The third-order valence-corrected chi connectivity index (χ3v) is 6.78. The van der Waals surface area contributed by atoms with Crippen molar-refractivity contribution in [1.29, 1.82) is 0 Å². The van der Waals surface area contributed by atoms with E-state index in [4.69, 9.17) is 4.42 Å². The van der Waals surface area contributed by atoms with Gasteiger partial charge in [0.05, 0.1) is 11.3 Å². The van der Waals surface area contributed by atoms with Crippen LogP contribution in [0.15, 0.2) is 83.8 Å². The Morgan fingerprint density at radius 3 is 2.49 bits per heavy atom. The molecule has 4 nitrogen and oxygen atoms in total. The van der Waals surface area contributed by atoms with Gasteiger partial charge in [0, 0.05) is 42.4 Å². The number of furan rings is 1. The molecule has 1 amide bonds. The molecule has 35 heavy (non-hydrogen) atoms. The number of halogens is 1. The molecule has 0 atom stereocenters. The fourth-order valence-electron chi connectivity index (χ4n) is 4.20. The number of amides is 1. The van der Waals surface area contributed by atoms with Crippen LogP contribution in [-0.4, -0.2) is 25.8 Å². The first-order valence-corrected chi connectivity index (χ1v) is 12.8. The summed E-state index contributed by atoms with van der Waals surface area (Å²) in [5.74, 6) is -0.162. The van der Waals surface area contributed by atoms with Gasteiger partial charge in [-0.1, -0.05) is 48.4 Å². The summed E-state index contributed by atoms with van der Waals surface area (Å²) in [6, 6.07) is 20.2. The highest BCUT2D eigenvalue weighted by Crippen LogP contribution is 2.42. The van der Waals surface area contributed by atoms with E-state index in [9.17, 15) is 9.18 Å². The Hall–Kier alpha value is -3.51. The number of hydrogen-bond acceptors (Lipinski definition) is 4. The smallest absolute Gasteiger partial charge is 0.255 e. The molecule has 0 aliphatic heterocycles. The Bertz CT molecular complexity index is 1320. The Labute approximate surface area is 210 Å². The van der Waals surface area contributed by atoms with Crippen molar-refractivity contribution >= 4 is 34.5 Å². The average molecular weight is 489 g/mol. The van der Waals surface area contributed by atoms with Crippen molar-refractivity contribution in [2.45, 2.75) is 19.3 Å². The number of nitrogens with one attached hydrogen (secondary N) is 1. The van der Waals surface area contributed by atoms with E-state index in [1.165, 1.54) is 12.1 Å². The highest BCUT2D eigenvalue weighted by atomic mass is 32.2. The molecule has 4 rings (SSSR count). The number of anilines is 1. The number of rotatable bonds is 10. The van der Waals surface area contributed by atoms with Crippen molar-refractivity contribution in [2.24, 2.45) is 0 Å². The third kappa shape index (κ3) is 5.28. The molecule has 0 aliphatic rings. The van der Waals surface area contributed by atoms with Gasteiger partial charge in [-0.25, -0.2) is 4.39 Å². The number of hydrogen-bond donors (Lipinski definition) is 1. The predicted molar refractivity (Wildman–Crippen MR) is 145 cm³/mol. The van der Waals surface area contributed by atoms with Crippen LogP contribution in [0.4, 0.5) is 10.1 Å². The molecular formula is C29H29FN2O2S. The van der Waals surface area contributed by atoms with E-state index >= 15 is 0 Å². The van der Waals surface area contributed by atoms with Gasteiger partial charge in [-0.15, -0.1) is 6.58 Å². The molecular weight excluding hydrogens is 459 g/mol. The molecule has 180 valence electrons. The molecule has 1 heterocycles. The van der Waals surface area contributed by atoms with E-state index in [-0.39, 0.29) is 11.7 Å². The minimum absolute atomic E-state index is 0.249. The first-order chi connectivity index (χ1) is 17.1. The molecule has 0 fully saturated rings. The number of fused-ring (bicyclic) bond motifs is 1. The zero-order valence-electron chi connectivity index (χ0n) is 20.0. The van der Waals surface area contributed by atoms with E-state index in [2.05, 4.69) is 34.6 Å². The summed E-state index contributed by atoms with van der Waals surface area (Å²) in [7, 11) is 1.60. The quantitative estimate of drug-likeness (QED) is 0.141. The average Bonchev–Trinajstić information content (AvgIpc) is 3.27. The van der Waals surface area contributed by atoms with Crippen LogP contribution in [-0.2, 0) is 0 Å². The van der Waals surface area contributed by atoms with Crippen LogP contribution < -0.4 is 9.62 Å². The van der Waals surface area contributed by atoms with Gasteiger partial charge >= 0.3 is 0 Å². The lowest BCUT2D eigenvalue weighted by Crippen LogP contribution is -2.18. The van der Waals surface area contributed by atoms with E-state index < -0.39 is 0 Å². The summed E-state index contributed by atoms with van der Waals surface area (Å²) in [5, 5.41) is 3.45. The van der Waals surface area contributed by atoms with Crippen molar-refractivity contribution in [3.63, 3.8) is 0 Å². The Morgan fingerprint density at radius 2 is 1.83 bits per heavy atom. The molecule has 0 saturated heterocycles. The number of benzene rings is 3. The van der Waals surface area contributed by atoms with Crippen molar-refractivity contribution in [3.8, 4) is 22.5 Å². The zero-order chi connectivity index (χ0) is 24.8. The molecule has 0 unspecified atom stereocenters. The summed E-state index contributed by atoms with van der Waals surface area (Å²) in [6.07, 6.45) is 7.10. The summed E-state index contributed by atoms with van der Waals surface area (Å²) in [5.41, 5.74) is 4.81. The van der Waals surface area contributed by atoms with Crippen molar-refractivity contribution in [1.82, 2.24) is 5.32 Å². The summed E-state index contributed by atoms with van der Waals surface area (Å²) in [6.45, 7) is 4.69. The van der Waals surface area contributed by atoms with Crippen molar-refractivity contribution < 1.29 is 13.6 Å². The largest absolute Gasteiger partial charge is 0.455 e. The molecule has 0 saturated carbocycles. The fourth-order valence-corrected chi connectivity index (χ4v) is 4.86. The van der Waals surface area contributed by atoms with Crippen LogP contribution in [0.2, 0.25) is 0 Å². The van der Waals surface area contributed by atoms with Gasteiger partial charge in [0.2, 0.25) is 0 Å². The van der Waals surface area contributed by atoms with Crippen LogP contribution in [0.5, 0.6) is 0 Å². The van der Waals surface area contributed by atoms with Gasteiger partial charge in [0.15, 0.2) is 0 Å². The third-order valence-electron chi connectivity index (χ3n) is 5.96. The maximum atomic E-state index is 13.6. The van der Waals surface area contributed by atoms with Crippen molar-refractivity contribution in [2.75, 3.05) is 24.2 Å². The molecule has 1 aromatic heterocycles. The normalized spacial score (nSPS) is 10.9. The first-order valence-electron chi connectivity index (χ1n) is 11.6. The molecule has 4 aromatic rings. The summed E-state index contributed by atoms with van der Waals surface area (Å²) >= 11 is 1.66. The SMILES string of the molecule is C=CCCCCN(SC)c1cc2oc(-c3ccc(F)cc3)c(C(=O)NC)c2cc1-c1ccccc1. The van der Waals surface area contributed by atoms with Crippen LogP contribution in [0.1, 0.15) is 29.6 Å². The fraction of sp³-hybridized carbons (Fsp3) is 0.207. The second-order valence-electron chi connectivity index (χ2n) is 8.19. The number of nitrogens with zero attached hydrogens (tertiary/aromatic N) is 1. The van der Waals surface area contributed by atoms with Gasteiger partial charge in [-0.2, -0.15) is 0 Å². The Balaban J connectivity index is 1.92. The molecule has 3 aromatic carbocycles. The second kappa shape index (κ2) is 11.3. The number of unbranched alkanes of at least 4 members (excludes halogenated alkanes) is 2. The Kier molecular flexibility index (Phi) is 7.93. The monoisotopic (exact) mass is 488 g/mol. The van der Waals surface area contributed by atoms with Gasteiger partial charge < -0.3 is 14.0 Å². The molecule has 0 radical (unpaired) electrons. The molecule has 0 aliphatic carbocycles. The lowest BCUT2D eigenvalue weighted by molar-refractivity contribution is 0.0964. The Morgan fingerprint density at radius 1 is 1.09 bits per heavy atom. The number of carbonyl (C=O) groups is 1. The molecule has 1 N–H and O–H groups in total. The van der Waals surface area contributed by atoms with Crippen LogP contribution in [0.25, 0.3) is 33.4 Å². The van der Waals surface area contributed by atoms with E-state index in [1.54, 1.807) is 31.1 Å². The van der Waals surface area contributed by atoms with Crippen LogP contribution in [0.3, 0.4) is 0 Å². The topological polar surface area (TPSA) is 45.5 Å². The van der Waals surface area contributed by atoms with E-state index in [0.29, 0.717) is 22.5 Å².